The van der Waals surface area contributed by atoms with Gasteiger partial charge in [-0.3, -0.25) is 9.79 Å². The number of nitrogens with zero attached hydrogens (tertiary/aromatic N) is 5. The molecular formula is C24H22ClF3N6O. The average Bonchev–Trinajstić information content (AvgIpc) is 3.21. The smallest absolute Gasteiger partial charge is 0.323 e. The lowest BCUT2D eigenvalue weighted by Gasteiger charge is -2.25. The van der Waals surface area contributed by atoms with Gasteiger partial charge in [0.15, 0.2) is 0 Å². The molecule has 2 heterocycles. The molecule has 7 nitrogen and oxygen atoms in total. The SMILES string of the molecule is Cc1cn(-c2ccc(C(C=N[C@H]3CCc4cc(Cl)ccc4N(CC(F)(F)F)C3=O)=NN)cc2)cn1. The summed E-state index contributed by atoms with van der Waals surface area (Å²) < 4.78 is 41.7. The Morgan fingerprint density at radius 1 is 1.26 bits per heavy atom. The number of hydrogen-bond acceptors (Lipinski definition) is 5. The van der Waals surface area contributed by atoms with Crippen molar-refractivity contribution in [2.24, 2.45) is 15.9 Å². The van der Waals surface area contributed by atoms with Crippen LogP contribution in [0.4, 0.5) is 18.9 Å². The van der Waals surface area contributed by atoms with E-state index in [1.54, 1.807) is 24.5 Å². The number of aromatic nitrogens is 2. The topological polar surface area (TPSA) is 88.9 Å². The molecule has 2 aromatic carbocycles. The van der Waals surface area contributed by atoms with Gasteiger partial charge in [-0.1, -0.05) is 23.7 Å². The van der Waals surface area contributed by atoms with Gasteiger partial charge in [0.1, 0.15) is 18.3 Å². The summed E-state index contributed by atoms with van der Waals surface area (Å²) in [5.74, 6) is 4.81. The van der Waals surface area contributed by atoms with E-state index in [4.69, 9.17) is 17.4 Å². The van der Waals surface area contributed by atoms with E-state index in [9.17, 15) is 18.0 Å². The Kier molecular flexibility index (Phi) is 6.93. The third-order valence-corrected chi connectivity index (χ3v) is 5.83. The van der Waals surface area contributed by atoms with Gasteiger partial charge in [-0.05, 0) is 55.7 Å². The number of rotatable bonds is 5. The number of fused-ring (bicyclic) bond motifs is 1. The minimum Gasteiger partial charge on any atom is -0.323 e. The molecule has 0 saturated carbocycles. The van der Waals surface area contributed by atoms with Crippen molar-refractivity contribution in [2.45, 2.75) is 32.0 Å². The predicted octanol–water partition coefficient (Wildman–Crippen LogP) is 4.48. The molecule has 4 rings (SSSR count). The summed E-state index contributed by atoms with van der Waals surface area (Å²) in [5, 5.41) is 4.14. The van der Waals surface area contributed by atoms with Crippen LogP contribution in [-0.4, -0.2) is 46.1 Å². The van der Waals surface area contributed by atoms with Crippen molar-refractivity contribution in [1.29, 1.82) is 0 Å². The van der Waals surface area contributed by atoms with Crippen molar-refractivity contribution >= 4 is 35.1 Å². The molecule has 11 heteroatoms. The van der Waals surface area contributed by atoms with Crippen LogP contribution in [0.3, 0.4) is 0 Å². The lowest BCUT2D eigenvalue weighted by Crippen LogP contribution is -2.43. The molecule has 3 aromatic rings. The Morgan fingerprint density at radius 3 is 2.63 bits per heavy atom. The number of anilines is 1. The van der Waals surface area contributed by atoms with Crippen molar-refractivity contribution in [3.05, 3.63) is 76.8 Å². The molecule has 0 fully saturated rings. The number of imidazole rings is 1. The zero-order chi connectivity index (χ0) is 25.2. The molecule has 0 unspecified atom stereocenters. The van der Waals surface area contributed by atoms with E-state index in [0.717, 1.165) is 16.3 Å². The third kappa shape index (κ3) is 5.71. The van der Waals surface area contributed by atoms with Crippen LogP contribution in [-0.2, 0) is 11.2 Å². The van der Waals surface area contributed by atoms with Gasteiger partial charge in [0.05, 0.1) is 18.2 Å². The summed E-state index contributed by atoms with van der Waals surface area (Å²) in [7, 11) is 0. The fourth-order valence-corrected chi connectivity index (χ4v) is 4.12. The summed E-state index contributed by atoms with van der Waals surface area (Å²) in [6.45, 7) is 0.470. The van der Waals surface area contributed by atoms with Crippen molar-refractivity contribution in [3.63, 3.8) is 0 Å². The highest BCUT2D eigenvalue weighted by molar-refractivity contribution is 6.38. The van der Waals surface area contributed by atoms with Crippen molar-refractivity contribution in [1.82, 2.24) is 9.55 Å². The van der Waals surface area contributed by atoms with Crippen LogP contribution in [0.5, 0.6) is 0 Å². The van der Waals surface area contributed by atoms with E-state index in [1.807, 2.05) is 29.8 Å². The standard InChI is InChI=1S/C24H22ClF3N6O/c1-15-12-33(14-31-15)19-6-2-16(3-7-19)21(32-29)11-30-20-8-4-17-10-18(25)5-9-22(17)34(23(20)35)13-24(26,27)28/h2-3,5-7,9-12,14,20H,4,8,13,29H2,1H3/t20-/m0/s1. The Morgan fingerprint density at radius 2 is 2.00 bits per heavy atom. The molecule has 0 spiro atoms. The van der Waals surface area contributed by atoms with Gasteiger partial charge in [-0.2, -0.15) is 18.3 Å². The van der Waals surface area contributed by atoms with Crippen molar-refractivity contribution < 1.29 is 18.0 Å². The minimum absolute atomic E-state index is 0.187. The Hall–Kier alpha value is -3.66. The molecule has 0 radical (unpaired) electrons. The third-order valence-electron chi connectivity index (χ3n) is 5.60. The summed E-state index contributed by atoms with van der Waals surface area (Å²) in [4.78, 5) is 22.3. The molecule has 0 bridgehead atoms. The number of hydrazone groups is 1. The Balaban J connectivity index is 1.57. The monoisotopic (exact) mass is 502 g/mol. The summed E-state index contributed by atoms with van der Waals surface area (Å²) in [6, 6.07) is 10.7. The fourth-order valence-electron chi connectivity index (χ4n) is 3.92. The van der Waals surface area contributed by atoms with Gasteiger partial charge >= 0.3 is 6.18 Å². The maximum absolute atomic E-state index is 13.3. The van der Waals surface area contributed by atoms with Gasteiger partial charge in [0.2, 0.25) is 0 Å². The molecule has 1 amide bonds. The molecule has 182 valence electrons. The molecule has 1 aliphatic rings. The molecular weight excluding hydrogens is 481 g/mol. The highest BCUT2D eigenvalue weighted by Crippen LogP contribution is 2.32. The minimum atomic E-state index is -4.58. The molecule has 2 N–H and O–H groups in total. The second-order valence-electron chi connectivity index (χ2n) is 8.13. The summed E-state index contributed by atoms with van der Waals surface area (Å²) in [6.07, 6.45) is 0.876. The fraction of sp³-hybridized carbons (Fsp3) is 0.250. The molecule has 0 saturated heterocycles. The number of aliphatic imine (C=N–C) groups is 1. The number of aryl methyl sites for hydroxylation is 2. The number of carbonyl (C=O) groups is 1. The largest absolute Gasteiger partial charge is 0.406 e. The Bertz CT molecular complexity index is 1280. The van der Waals surface area contributed by atoms with Crippen LogP contribution >= 0.6 is 11.6 Å². The van der Waals surface area contributed by atoms with Crippen LogP contribution in [0.25, 0.3) is 5.69 Å². The highest BCUT2D eigenvalue weighted by Gasteiger charge is 2.38. The van der Waals surface area contributed by atoms with Crippen LogP contribution < -0.4 is 10.7 Å². The van der Waals surface area contributed by atoms with E-state index < -0.39 is 24.7 Å². The maximum atomic E-state index is 13.3. The first-order valence-corrected chi connectivity index (χ1v) is 11.1. The normalized spacial score (nSPS) is 17.1. The zero-order valence-electron chi connectivity index (χ0n) is 18.7. The second-order valence-corrected chi connectivity index (χ2v) is 8.57. The van der Waals surface area contributed by atoms with Gasteiger partial charge < -0.3 is 15.3 Å². The van der Waals surface area contributed by atoms with Crippen molar-refractivity contribution in [2.75, 3.05) is 11.4 Å². The number of carbonyl (C=O) groups excluding carboxylic acids is 1. The first kappa shape index (κ1) is 24.5. The van der Waals surface area contributed by atoms with E-state index in [2.05, 4.69) is 15.1 Å². The highest BCUT2D eigenvalue weighted by atomic mass is 35.5. The van der Waals surface area contributed by atoms with E-state index >= 15 is 0 Å². The van der Waals surface area contributed by atoms with E-state index in [0.29, 0.717) is 28.3 Å². The molecule has 1 aromatic heterocycles. The number of benzene rings is 2. The summed E-state index contributed by atoms with van der Waals surface area (Å²) >= 11 is 6.03. The number of alkyl halides is 3. The average molecular weight is 503 g/mol. The molecule has 1 atom stereocenters. The number of hydrogen-bond donors (Lipinski definition) is 1. The molecule has 1 aliphatic heterocycles. The lowest BCUT2D eigenvalue weighted by atomic mass is 10.1. The van der Waals surface area contributed by atoms with Gasteiger partial charge in [-0.25, -0.2) is 4.98 Å². The first-order valence-electron chi connectivity index (χ1n) is 10.7. The quantitative estimate of drug-likeness (QED) is 0.317. The van der Waals surface area contributed by atoms with Crippen LogP contribution in [0.1, 0.15) is 23.2 Å². The zero-order valence-corrected chi connectivity index (χ0v) is 19.5. The number of nitrogens with two attached hydrogens (primary N) is 1. The van der Waals surface area contributed by atoms with Crippen LogP contribution in [0.2, 0.25) is 5.02 Å². The second kappa shape index (κ2) is 9.91. The van der Waals surface area contributed by atoms with Crippen LogP contribution in [0, 0.1) is 6.92 Å². The molecule has 35 heavy (non-hydrogen) atoms. The Labute approximate surface area is 204 Å². The van der Waals surface area contributed by atoms with Gasteiger partial charge in [0.25, 0.3) is 5.91 Å². The van der Waals surface area contributed by atoms with E-state index in [-0.39, 0.29) is 12.1 Å². The summed E-state index contributed by atoms with van der Waals surface area (Å²) in [5.41, 5.74) is 3.43. The first-order chi connectivity index (χ1) is 16.6. The van der Waals surface area contributed by atoms with Crippen molar-refractivity contribution in [3.8, 4) is 5.69 Å². The predicted molar refractivity (Wildman–Crippen MR) is 129 cm³/mol. The number of amides is 1. The maximum Gasteiger partial charge on any atom is 0.406 e. The van der Waals surface area contributed by atoms with Gasteiger partial charge in [0, 0.05) is 28.2 Å². The number of halogens is 4. The lowest BCUT2D eigenvalue weighted by molar-refractivity contribution is -0.133. The van der Waals surface area contributed by atoms with E-state index in [1.165, 1.54) is 18.3 Å². The van der Waals surface area contributed by atoms with Crippen LogP contribution in [0.15, 0.2) is 65.1 Å². The molecule has 0 aliphatic carbocycles. The van der Waals surface area contributed by atoms with Gasteiger partial charge in [-0.15, -0.1) is 0 Å².